The van der Waals surface area contributed by atoms with Crippen molar-refractivity contribution in [1.29, 1.82) is 0 Å². The molecule has 0 bridgehead atoms. The summed E-state index contributed by atoms with van der Waals surface area (Å²) in [5.41, 5.74) is 3.15. The molecule has 0 amide bonds. The Bertz CT molecular complexity index is 879. The van der Waals surface area contributed by atoms with Gasteiger partial charge >= 0.3 is 0 Å². The fourth-order valence-electron chi connectivity index (χ4n) is 3.92. The number of halogens is 1. The summed E-state index contributed by atoms with van der Waals surface area (Å²) in [5.74, 6) is -0.325. The van der Waals surface area contributed by atoms with Gasteiger partial charge in [-0.05, 0) is 73.1 Å². The molecule has 0 radical (unpaired) electrons. The summed E-state index contributed by atoms with van der Waals surface area (Å²) < 4.78 is 41.4. The van der Waals surface area contributed by atoms with Gasteiger partial charge in [0.2, 0.25) is 10.0 Å². The van der Waals surface area contributed by atoms with Crippen LogP contribution in [0.3, 0.4) is 0 Å². The van der Waals surface area contributed by atoms with Gasteiger partial charge in [0.15, 0.2) is 0 Å². The second-order valence-electron chi connectivity index (χ2n) is 6.61. The van der Waals surface area contributed by atoms with Gasteiger partial charge in [-0.15, -0.1) is 0 Å². The normalized spacial score (nSPS) is 21.1. The van der Waals surface area contributed by atoms with Crippen LogP contribution in [-0.2, 0) is 22.9 Å². The second kappa shape index (κ2) is 5.97. The van der Waals surface area contributed by atoms with Crippen LogP contribution < -0.4 is 0 Å². The molecule has 2 aromatic carbocycles. The summed E-state index contributed by atoms with van der Waals surface area (Å²) in [6, 6.07) is 11.5. The average molecular weight is 345 g/mol. The largest absolute Gasteiger partial charge is 0.243 e. The van der Waals surface area contributed by atoms with Crippen molar-refractivity contribution in [1.82, 2.24) is 4.31 Å². The highest BCUT2D eigenvalue weighted by Crippen LogP contribution is 2.37. The van der Waals surface area contributed by atoms with E-state index >= 15 is 0 Å². The zero-order valence-electron chi connectivity index (χ0n) is 13.4. The van der Waals surface area contributed by atoms with Gasteiger partial charge in [-0.2, -0.15) is 4.31 Å². The van der Waals surface area contributed by atoms with Crippen LogP contribution in [-0.4, -0.2) is 19.3 Å². The van der Waals surface area contributed by atoms with Crippen LogP contribution in [0.5, 0.6) is 0 Å². The van der Waals surface area contributed by atoms with Crippen molar-refractivity contribution < 1.29 is 12.8 Å². The molecule has 1 fully saturated rings. The van der Waals surface area contributed by atoms with E-state index in [2.05, 4.69) is 0 Å². The van der Waals surface area contributed by atoms with Crippen molar-refractivity contribution >= 4 is 10.0 Å². The zero-order chi connectivity index (χ0) is 16.7. The minimum absolute atomic E-state index is 0.279. The molecule has 1 atom stereocenters. The number of nitrogens with zero attached hydrogens (tertiary/aromatic N) is 1. The monoisotopic (exact) mass is 345 g/mol. The van der Waals surface area contributed by atoms with E-state index in [-0.39, 0.29) is 11.9 Å². The molecule has 1 saturated heterocycles. The lowest BCUT2D eigenvalue weighted by Crippen LogP contribution is -2.30. The first-order valence-electron chi connectivity index (χ1n) is 8.45. The first-order valence-corrected chi connectivity index (χ1v) is 9.89. The Morgan fingerprint density at radius 3 is 2.67 bits per heavy atom. The third kappa shape index (κ3) is 2.66. The van der Waals surface area contributed by atoms with Gasteiger partial charge in [0.1, 0.15) is 5.82 Å². The molecular formula is C19H20FNO2S. The molecule has 24 heavy (non-hydrogen) atoms. The lowest BCUT2D eigenvalue weighted by atomic mass is 10.1. The van der Waals surface area contributed by atoms with Crippen molar-refractivity contribution in [2.24, 2.45) is 0 Å². The Hall–Kier alpha value is -1.72. The maximum atomic E-state index is 13.5. The minimum atomic E-state index is -3.56. The maximum Gasteiger partial charge on any atom is 0.243 e. The van der Waals surface area contributed by atoms with Crippen LogP contribution in [0.1, 0.15) is 42.0 Å². The summed E-state index contributed by atoms with van der Waals surface area (Å²) in [6.45, 7) is 0.487. The molecule has 0 unspecified atom stereocenters. The van der Waals surface area contributed by atoms with Gasteiger partial charge in [0.25, 0.3) is 0 Å². The summed E-state index contributed by atoms with van der Waals surface area (Å²) in [6.07, 6.45) is 4.60. The molecule has 5 heteroatoms. The van der Waals surface area contributed by atoms with Gasteiger partial charge in [-0.25, -0.2) is 12.8 Å². The van der Waals surface area contributed by atoms with Crippen LogP contribution in [0.4, 0.5) is 4.39 Å². The Labute approximate surface area is 142 Å². The lowest BCUT2D eigenvalue weighted by Gasteiger charge is -2.24. The van der Waals surface area contributed by atoms with Crippen LogP contribution in [0.25, 0.3) is 0 Å². The highest BCUT2D eigenvalue weighted by atomic mass is 32.2. The van der Waals surface area contributed by atoms with Crippen LogP contribution in [0, 0.1) is 5.82 Å². The number of benzene rings is 2. The standard InChI is InChI=1S/C19H20FNO2S/c20-17-7-2-6-16(12-17)19-8-3-11-21(19)24(22,23)18-10-9-14-4-1-5-15(14)13-18/h2,6-7,9-10,12-13,19H,1,3-5,8,11H2/t19-/m1/s1. The Kier molecular flexibility index (Phi) is 3.93. The number of rotatable bonds is 3. The molecule has 2 aliphatic rings. The zero-order valence-corrected chi connectivity index (χ0v) is 14.2. The Morgan fingerprint density at radius 1 is 1.00 bits per heavy atom. The van der Waals surface area contributed by atoms with Crippen LogP contribution >= 0.6 is 0 Å². The van der Waals surface area contributed by atoms with Gasteiger partial charge < -0.3 is 0 Å². The second-order valence-corrected chi connectivity index (χ2v) is 8.50. The molecule has 3 nitrogen and oxygen atoms in total. The highest BCUT2D eigenvalue weighted by Gasteiger charge is 2.36. The molecule has 2 aromatic rings. The van der Waals surface area contributed by atoms with E-state index in [1.54, 1.807) is 16.4 Å². The first kappa shape index (κ1) is 15.8. The minimum Gasteiger partial charge on any atom is -0.207 e. The Morgan fingerprint density at radius 2 is 1.83 bits per heavy atom. The summed E-state index contributed by atoms with van der Waals surface area (Å²) in [5, 5.41) is 0. The number of aryl methyl sites for hydroxylation is 2. The molecule has 4 rings (SSSR count). The SMILES string of the molecule is O=S(=O)(c1ccc2c(c1)CCC2)N1CCC[C@@H]1c1cccc(F)c1. The van der Waals surface area contributed by atoms with Gasteiger partial charge in [-0.3, -0.25) is 0 Å². The van der Waals surface area contributed by atoms with Gasteiger partial charge in [-0.1, -0.05) is 18.2 Å². The maximum absolute atomic E-state index is 13.5. The summed E-state index contributed by atoms with van der Waals surface area (Å²) in [4.78, 5) is 0.367. The summed E-state index contributed by atoms with van der Waals surface area (Å²) in [7, 11) is -3.56. The predicted molar refractivity (Wildman–Crippen MR) is 90.7 cm³/mol. The Balaban J connectivity index is 1.70. The molecule has 1 aliphatic carbocycles. The van der Waals surface area contributed by atoms with E-state index in [1.165, 1.54) is 17.7 Å². The van der Waals surface area contributed by atoms with Crippen LogP contribution in [0.2, 0.25) is 0 Å². The van der Waals surface area contributed by atoms with Crippen molar-refractivity contribution in [3.63, 3.8) is 0 Å². The van der Waals surface area contributed by atoms with E-state index in [0.29, 0.717) is 11.4 Å². The molecule has 126 valence electrons. The van der Waals surface area contributed by atoms with Gasteiger partial charge in [0, 0.05) is 6.54 Å². The van der Waals surface area contributed by atoms with Crippen molar-refractivity contribution in [2.75, 3.05) is 6.54 Å². The van der Waals surface area contributed by atoms with Crippen molar-refractivity contribution in [3.05, 3.63) is 65.0 Å². The topological polar surface area (TPSA) is 37.4 Å². The molecule has 1 aliphatic heterocycles. The molecule has 0 aromatic heterocycles. The molecule has 0 saturated carbocycles. The quantitative estimate of drug-likeness (QED) is 0.847. The lowest BCUT2D eigenvalue weighted by molar-refractivity contribution is 0.395. The van der Waals surface area contributed by atoms with Crippen molar-refractivity contribution in [2.45, 2.75) is 43.0 Å². The van der Waals surface area contributed by atoms with E-state index in [9.17, 15) is 12.8 Å². The molecule has 0 spiro atoms. The number of hydrogen-bond donors (Lipinski definition) is 0. The van der Waals surface area contributed by atoms with Gasteiger partial charge in [0.05, 0.1) is 10.9 Å². The highest BCUT2D eigenvalue weighted by molar-refractivity contribution is 7.89. The third-order valence-corrected chi connectivity index (χ3v) is 7.02. The summed E-state index contributed by atoms with van der Waals surface area (Å²) >= 11 is 0. The molecular weight excluding hydrogens is 325 g/mol. The number of sulfonamides is 1. The smallest absolute Gasteiger partial charge is 0.207 e. The van der Waals surface area contributed by atoms with Crippen molar-refractivity contribution in [3.8, 4) is 0 Å². The molecule has 0 N–H and O–H groups in total. The fourth-order valence-corrected chi connectivity index (χ4v) is 5.65. The average Bonchev–Trinajstić information content (AvgIpc) is 3.23. The van der Waals surface area contributed by atoms with E-state index in [4.69, 9.17) is 0 Å². The van der Waals surface area contributed by atoms with E-state index in [0.717, 1.165) is 43.2 Å². The van der Waals surface area contributed by atoms with E-state index < -0.39 is 10.0 Å². The number of fused-ring (bicyclic) bond motifs is 1. The molecule has 1 heterocycles. The fraction of sp³-hybridized carbons (Fsp3) is 0.368. The van der Waals surface area contributed by atoms with Crippen LogP contribution in [0.15, 0.2) is 47.4 Å². The predicted octanol–water partition coefficient (Wildman–Crippen LogP) is 3.84. The number of hydrogen-bond acceptors (Lipinski definition) is 2. The van der Waals surface area contributed by atoms with E-state index in [1.807, 2.05) is 18.2 Å². The first-order chi connectivity index (χ1) is 11.6. The third-order valence-electron chi connectivity index (χ3n) is 5.11.